The van der Waals surface area contributed by atoms with Gasteiger partial charge < -0.3 is 10.1 Å². The molecule has 21 heavy (non-hydrogen) atoms. The maximum Gasteiger partial charge on any atom is 0.312 e. The SMILES string of the molecule is CNC(C)(C#N)CCCCOc1ccc(Br)cc1[N+](=O)[O-]. The van der Waals surface area contributed by atoms with Crippen LogP contribution in [0.1, 0.15) is 26.2 Å². The van der Waals surface area contributed by atoms with Crippen molar-refractivity contribution in [1.82, 2.24) is 5.32 Å². The third-order valence-corrected chi connectivity index (χ3v) is 3.74. The quantitative estimate of drug-likeness (QED) is 0.438. The molecule has 0 fully saturated rings. The van der Waals surface area contributed by atoms with Crippen LogP contribution < -0.4 is 10.1 Å². The molecule has 114 valence electrons. The molecule has 1 aromatic carbocycles. The number of benzene rings is 1. The number of nitriles is 1. The van der Waals surface area contributed by atoms with Crippen LogP contribution in [0.5, 0.6) is 5.75 Å². The fourth-order valence-electron chi connectivity index (χ4n) is 1.75. The average Bonchev–Trinajstić information content (AvgIpc) is 2.47. The van der Waals surface area contributed by atoms with Gasteiger partial charge in [-0.15, -0.1) is 0 Å². The van der Waals surface area contributed by atoms with Gasteiger partial charge in [0, 0.05) is 10.5 Å². The van der Waals surface area contributed by atoms with Gasteiger partial charge in [0.2, 0.25) is 0 Å². The van der Waals surface area contributed by atoms with E-state index in [4.69, 9.17) is 10.00 Å². The minimum Gasteiger partial charge on any atom is -0.487 e. The van der Waals surface area contributed by atoms with E-state index in [1.54, 1.807) is 19.2 Å². The zero-order valence-corrected chi connectivity index (χ0v) is 13.6. The molecule has 0 spiro atoms. The molecule has 0 saturated heterocycles. The molecule has 0 aliphatic heterocycles. The number of nitrogens with one attached hydrogen (secondary N) is 1. The van der Waals surface area contributed by atoms with E-state index in [9.17, 15) is 10.1 Å². The molecule has 0 aliphatic carbocycles. The Morgan fingerprint density at radius 2 is 2.24 bits per heavy atom. The van der Waals surface area contributed by atoms with Crippen LogP contribution in [0.4, 0.5) is 5.69 Å². The van der Waals surface area contributed by atoms with Gasteiger partial charge in [0.25, 0.3) is 0 Å². The molecule has 1 aromatic rings. The van der Waals surface area contributed by atoms with Gasteiger partial charge in [-0.3, -0.25) is 10.1 Å². The molecule has 0 radical (unpaired) electrons. The van der Waals surface area contributed by atoms with Gasteiger partial charge in [0.1, 0.15) is 5.54 Å². The van der Waals surface area contributed by atoms with Crippen molar-refractivity contribution in [3.05, 3.63) is 32.8 Å². The van der Waals surface area contributed by atoms with Crippen LogP contribution in [-0.2, 0) is 0 Å². The summed E-state index contributed by atoms with van der Waals surface area (Å²) in [5.74, 6) is 0.264. The predicted octanol–water partition coefficient (Wildman–Crippen LogP) is 3.41. The average molecular weight is 356 g/mol. The monoisotopic (exact) mass is 355 g/mol. The van der Waals surface area contributed by atoms with E-state index in [1.807, 2.05) is 6.92 Å². The van der Waals surface area contributed by atoms with Crippen molar-refractivity contribution in [2.75, 3.05) is 13.7 Å². The largest absolute Gasteiger partial charge is 0.487 e. The van der Waals surface area contributed by atoms with Crippen molar-refractivity contribution in [3.8, 4) is 11.8 Å². The van der Waals surface area contributed by atoms with Crippen molar-refractivity contribution in [2.45, 2.75) is 31.7 Å². The molecule has 0 heterocycles. The lowest BCUT2D eigenvalue weighted by molar-refractivity contribution is -0.385. The van der Waals surface area contributed by atoms with Crippen molar-refractivity contribution >= 4 is 21.6 Å². The van der Waals surface area contributed by atoms with E-state index >= 15 is 0 Å². The molecule has 1 rings (SSSR count). The van der Waals surface area contributed by atoms with Gasteiger partial charge in [-0.25, -0.2) is 0 Å². The highest BCUT2D eigenvalue weighted by molar-refractivity contribution is 9.10. The second-order valence-electron chi connectivity index (χ2n) is 4.87. The Hall–Kier alpha value is -1.65. The summed E-state index contributed by atoms with van der Waals surface area (Å²) in [6.45, 7) is 2.22. The summed E-state index contributed by atoms with van der Waals surface area (Å²) in [7, 11) is 1.75. The van der Waals surface area contributed by atoms with Crippen LogP contribution in [0.25, 0.3) is 0 Å². The molecule has 0 bridgehead atoms. The second kappa shape index (κ2) is 7.96. The standard InChI is InChI=1S/C14H18BrN3O3/c1-14(10-16,17-2)7-3-4-8-21-13-6-5-11(15)9-12(13)18(19)20/h5-6,9,17H,3-4,7-8H2,1-2H3. The number of ether oxygens (including phenoxy) is 1. The molecule has 1 unspecified atom stereocenters. The predicted molar refractivity (Wildman–Crippen MR) is 83.2 cm³/mol. The van der Waals surface area contributed by atoms with Gasteiger partial charge in [0.15, 0.2) is 5.75 Å². The molecule has 7 heteroatoms. The number of nitro groups is 1. The second-order valence-corrected chi connectivity index (χ2v) is 5.78. The number of rotatable bonds is 8. The van der Waals surface area contributed by atoms with Gasteiger partial charge in [-0.1, -0.05) is 15.9 Å². The first-order valence-corrected chi connectivity index (χ1v) is 7.38. The zero-order chi connectivity index (χ0) is 15.9. The third kappa shape index (κ3) is 5.33. The highest BCUT2D eigenvalue weighted by Crippen LogP contribution is 2.30. The van der Waals surface area contributed by atoms with Crippen LogP contribution >= 0.6 is 15.9 Å². The molecular formula is C14H18BrN3O3. The fourth-order valence-corrected chi connectivity index (χ4v) is 2.10. The molecule has 0 aromatic heterocycles. The Bertz CT molecular complexity index is 545. The van der Waals surface area contributed by atoms with Crippen molar-refractivity contribution < 1.29 is 9.66 Å². The topological polar surface area (TPSA) is 88.2 Å². The molecular weight excluding hydrogens is 338 g/mol. The first-order chi connectivity index (χ1) is 9.91. The lowest BCUT2D eigenvalue weighted by Gasteiger charge is -2.20. The lowest BCUT2D eigenvalue weighted by Crippen LogP contribution is -2.37. The highest BCUT2D eigenvalue weighted by Gasteiger charge is 2.20. The van der Waals surface area contributed by atoms with E-state index in [2.05, 4.69) is 27.3 Å². The number of hydrogen-bond acceptors (Lipinski definition) is 5. The van der Waals surface area contributed by atoms with Crippen molar-refractivity contribution in [1.29, 1.82) is 5.26 Å². The summed E-state index contributed by atoms with van der Waals surface area (Å²) < 4.78 is 6.11. The third-order valence-electron chi connectivity index (χ3n) is 3.24. The first kappa shape index (κ1) is 17.4. The van der Waals surface area contributed by atoms with Crippen LogP contribution in [0.15, 0.2) is 22.7 Å². The molecule has 0 aliphatic rings. The van der Waals surface area contributed by atoms with E-state index < -0.39 is 10.5 Å². The summed E-state index contributed by atoms with van der Waals surface area (Å²) in [5.41, 5.74) is -0.592. The van der Waals surface area contributed by atoms with Gasteiger partial charge in [0.05, 0.1) is 17.6 Å². The zero-order valence-electron chi connectivity index (χ0n) is 12.1. The maximum absolute atomic E-state index is 10.9. The Morgan fingerprint density at radius 3 is 2.81 bits per heavy atom. The maximum atomic E-state index is 10.9. The minimum absolute atomic E-state index is 0.0542. The highest BCUT2D eigenvalue weighted by atomic mass is 79.9. The van der Waals surface area contributed by atoms with Crippen LogP contribution in [0, 0.1) is 21.4 Å². The van der Waals surface area contributed by atoms with Crippen LogP contribution in [0.2, 0.25) is 0 Å². The number of unbranched alkanes of at least 4 members (excludes halogenated alkanes) is 1. The molecule has 0 amide bonds. The summed E-state index contributed by atoms with van der Waals surface area (Å²) in [5, 5.41) is 22.9. The van der Waals surface area contributed by atoms with E-state index in [1.165, 1.54) is 6.07 Å². The van der Waals surface area contributed by atoms with E-state index in [-0.39, 0.29) is 11.4 Å². The van der Waals surface area contributed by atoms with E-state index in [0.717, 1.165) is 12.8 Å². The molecule has 1 atom stereocenters. The Labute approximate surface area is 132 Å². The molecule has 1 N–H and O–H groups in total. The number of hydrogen-bond donors (Lipinski definition) is 1. The summed E-state index contributed by atoms with van der Waals surface area (Å²) in [6.07, 6.45) is 2.23. The summed E-state index contributed by atoms with van der Waals surface area (Å²) in [6, 6.07) is 6.92. The number of halogens is 1. The lowest BCUT2D eigenvalue weighted by atomic mass is 9.97. The number of nitrogens with zero attached hydrogens (tertiary/aromatic N) is 2. The minimum atomic E-state index is -0.538. The van der Waals surface area contributed by atoms with Crippen molar-refractivity contribution in [2.24, 2.45) is 0 Å². The van der Waals surface area contributed by atoms with Crippen molar-refractivity contribution in [3.63, 3.8) is 0 Å². The van der Waals surface area contributed by atoms with Gasteiger partial charge >= 0.3 is 5.69 Å². The van der Waals surface area contributed by atoms with E-state index in [0.29, 0.717) is 17.5 Å². The Kier molecular flexibility index (Phi) is 6.59. The van der Waals surface area contributed by atoms with Gasteiger partial charge in [-0.05, 0) is 45.4 Å². The van der Waals surface area contributed by atoms with Crippen LogP contribution in [0.3, 0.4) is 0 Å². The fraction of sp³-hybridized carbons (Fsp3) is 0.500. The number of nitro benzene ring substituents is 1. The summed E-state index contributed by atoms with van der Waals surface area (Å²) in [4.78, 5) is 10.5. The van der Waals surface area contributed by atoms with Gasteiger partial charge in [-0.2, -0.15) is 5.26 Å². The smallest absolute Gasteiger partial charge is 0.312 e. The summed E-state index contributed by atoms with van der Waals surface area (Å²) >= 11 is 3.20. The molecule has 0 saturated carbocycles. The molecule has 6 nitrogen and oxygen atoms in total. The first-order valence-electron chi connectivity index (χ1n) is 6.59. The Morgan fingerprint density at radius 1 is 1.52 bits per heavy atom. The normalized spacial score (nSPS) is 13.2. The van der Waals surface area contributed by atoms with Crippen LogP contribution in [-0.4, -0.2) is 24.1 Å². The Balaban J connectivity index is 2.47.